The van der Waals surface area contributed by atoms with Gasteiger partial charge in [-0.2, -0.15) is 0 Å². The second-order valence-corrected chi connectivity index (χ2v) is 6.16. The van der Waals surface area contributed by atoms with E-state index in [1.165, 1.54) is 0 Å². The number of carbonyl (C=O) groups excluding carboxylic acids is 2. The third kappa shape index (κ3) is 5.91. The van der Waals surface area contributed by atoms with Crippen LogP contribution in [-0.4, -0.2) is 18.3 Å². The summed E-state index contributed by atoms with van der Waals surface area (Å²) in [7, 11) is 0. The second kappa shape index (κ2) is 9.23. The molecule has 0 bridgehead atoms. The van der Waals surface area contributed by atoms with Crippen LogP contribution in [0.2, 0.25) is 5.02 Å². The fourth-order valence-electron chi connectivity index (χ4n) is 2.45. The van der Waals surface area contributed by atoms with Crippen molar-refractivity contribution in [2.75, 3.05) is 6.61 Å². The van der Waals surface area contributed by atoms with Crippen LogP contribution in [0.3, 0.4) is 0 Å². The fourth-order valence-corrected chi connectivity index (χ4v) is 2.65. The van der Waals surface area contributed by atoms with Gasteiger partial charge in [-0.3, -0.25) is 9.59 Å². The van der Waals surface area contributed by atoms with E-state index in [1.807, 2.05) is 32.0 Å². The Morgan fingerprint density at radius 1 is 1.12 bits per heavy atom. The normalized spacial score (nSPS) is 11.6. The Hall–Kier alpha value is -2.33. The van der Waals surface area contributed by atoms with Crippen molar-refractivity contribution in [1.82, 2.24) is 5.32 Å². The first kappa shape index (κ1) is 19.0. The van der Waals surface area contributed by atoms with Crippen LogP contribution in [0, 0.1) is 0 Å². The minimum Gasteiger partial charge on any atom is -0.494 e. The quantitative estimate of drug-likeness (QED) is 0.702. The first-order valence-corrected chi connectivity index (χ1v) is 8.68. The van der Waals surface area contributed by atoms with E-state index in [9.17, 15) is 9.59 Å². The molecule has 1 N–H and O–H groups in total. The number of rotatable bonds is 8. The van der Waals surface area contributed by atoms with Crippen molar-refractivity contribution in [2.45, 2.75) is 32.7 Å². The molecule has 0 aliphatic heterocycles. The maximum atomic E-state index is 12.2. The zero-order chi connectivity index (χ0) is 18.2. The molecule has 1 amide bonds. The third-order valence-electron chi connectivity index (χ3n) is 3.79. The molecule has 0 aliphatic rings. The third-order valence-corrected chi connectivity index (χ3v) is 4.03. The molecule has 0 aliphatic carbocycles. The molecule has 0 radical (unpaired) electrons. The molecule has 0 aromatic heterocycles. The Morgan fingerprint density at radius 3 is 2.48 bits per heavy atom. The Morgan fingerprint density at radius 2 is 1.84 bits per heavy atom. The summed E-state index contributed by atoms with van der Waals surface area (Å²) in [6, 6.07) is 14.2. The van der Waals surface area contributed by atoms with E-state index in [1.54, 1.807) is 30.3 Å². The van der Waals surface area contributed by atoms with E-state index < -0.39 is 0 Å². The number of ether oxygens (including phenoxy) is 1. The van der Waals surface area contributed by atoms with Gasteiger partial charge in [-0.05, 0) is 55.8 Å². The zero-order valence-corrected chi connectivity index (χ0v) is 15.2. The number of ketones is 1. The monoisotopic (exact) mass is 359 g/mol. The summed E-state index contributed by atoms with van der Waals surface area (Å²) in [5.41, 5.74) is 1.51. The number of amides is 1. The maximum absolute atomic E-state index is 12.2. The number of carbonyl (C=O) groups is 2. The van der Waals surface area contributed by atoms with Crippen LogP contribution in [0.5, 0.6) is 5.75 Å². The Labute approximate surface area is 153 Å². The number of nitrogens with one attached hydrogen (secondary N) is 1. The van der Waals surface area contributed by atoms with E-state index in [2.05, 4.69) is 5.32 Å². The lowest BCUT2D eigenvalue weighted by atomic mass is 10.1. The van der Waals surface area contributed by atoms with Crippen LogP contribution in [0.4, 0.5) is 0 Å². The predicted octanol–water partition coefficient (Wildman–Crippen LogP) is 4.58. The van der Waals surface area contributed by atoms with Crippen LogP contribution in [0.25, 0.3) is 0 Å². The summed E-state index contributed by atoms with van der Waals surface area (Å²) in [6.45, 7) is 4.37. The molecule has 5 heteroatoms. The number of hydrogen-bond acceptors (Lipinski definition) is 3. The summed E-state index contributed by atoms with van der Waals surface area (Å²) in [5, 5.41) is 3.52. The molecule has 0 fully saturated rings. The average Bonchev–Trinajstić information content (AvgIpc) is 2.60. The van der Waals surface area contributed by atoms with Gasteiger partial charge in [0.1, 0.15) is 5.75 Å². The molecule has 1 atom stereocenters. The number of benzene rings is 2. The zero-order valence-electron chi connectivity index (χ0n) is 14.4. The highest BCUT2D eigenvalue weighted by molar-refractivity contribution is 6.30. The van der Waals surface area contributed by atoms with Gasteiger partial charge in [-0.15, -0.1) is 0 Å². The smallest absolute Gasteiger partial charge is 0.220 e. The predicted molar refractivity (Wildman–Crippen MR) is 99.2 cm³/mol. The molecule has 0 heterocycles. The largest absolute Gasteiger partial charge is 0.494 e. The SMILES string of the molecule is CCOc1ccc(C(=O)CCC(=O)N[C@H](C)c2cccc(Cl)c2)cc1. The minimum atomic E-state index is -0.160. The van der Waals surface area contributed by atoms with Gasteiger partial charge in [0.2, 0.25) is 5.91 Å². The van der Waals surface area contributed by atoms with E-state index in [-0.39, 0.29) is 30.6 Å². The molecule has 2 aromatic carbocycles. The number of hydrogen-bond donors (Lipinski definition) is 1. The van der Waals surface area contributed by atoms with Crippen molar-refractivity contribution in [2.24, 2.45) is 0 Å². The molecule has 0 saturated heterocycles. The summed E-state index contributed by atoms with van der Waals surface area (Å²) >= 11 is 5.96. The van der Waals surface area contributed by atoms with Crippen molar-refractivity contribution in [3.8, 4) is 5.75 Å². The molecule has 0 spiro atoms. The highest BCUT2D eigenvalue weighted by Gasteiger charge is 2.13. The van der Waals surface area contributed by atoms with Crippen molar-refractivity contribution in [1.29, 1.82) is 0 Å². The van der Waals surface area contributed by atoms with Crippen LogP contribution < -0.4 is 10.1 Å². The van der Waals surface area contributed by atoms with Gasteiger partial charge >= 0.3 is 0 Å². The topological polar surface area (TPSA) is 55.4 Å². The van der Waals surface area contributed by atoms with E-state index in [0.717, 1.165) is 11.3 Å². The van der Waals surface area contributed by atoms with Crippen molar-refractivity contribution in [3.05, 3.63) is 64.7 Å². The van der Waals surface area contributed by atoms with Gasteiger partial charge < -0.3 is 10.1 Å². The fraction of sp³-hybridized carbons (Fsp3) is 0.300. The first-order chi connectivity index (χ1) is 12.0. The second-order valence-electron chi connectivity index (χ2n) is 5.72. The molecular weight excluding hydrogens is 338 g/mol. The summed E-state index contributed by atoms with van der Waals surface area (Å²) in [5.74, 6) is 0.507. The van der Waals surface area contributed by atoms with Gasteiger partial charge in [0.15, 0.2) is 5.78 Å². The number of halogens is 1. The molecule has 25 heavy (non-hydrogen) atoms. The maximum Gasteiger partial charge on any atom is 0.220 e. The lowest BCUT2D eigenvalue weighted by Gasteiger charge is -2.14. The highest BCUT2D eigenvalue weighted by atomic mass is 35.5. The Kier molecular flexibility index (Phi) is 7.02. The molecule has 0 saturated carbocycles. The lowest BCUT2D eigenvalue weighted by molar-refractivity contribution is -0.121. The van der Waals surface area contributed by atoms with Crippen molar-refractivity contribution >= 4 is 23.3 Å². The first-order valence-electron chi connectivity index (χ1n) is 8.30. The van der Waals surface area contributed by atoms with Crippen molar-refractivity contribution in [3.63, 3.8) is 0 Å². The lowest BCUT2D eigenvalue weighted by Crippen LogP contribution is -2.26. The molecule has 0 unspecified atom stereocenters. The molecule has 2 rings (SSSR count). The number of Topliss-reactive ketones (excluding diaryl/α,β-unsaturated/α-hetero) is 1. The van der Waals surface area contributed by atoms with Gasteiger partial charge in [-0.25, -0.2) is 0 Å². The van der Waals surface area contributed by atoms with Gasteiger partial charge in [0.25, 0.3) is 0 Å². The minimum absolute atomic E-state index is 0.0615. The van der Waals surface area contributed by atoms with Gasteiger partial charge in [-0.1, -0.05) is 23.7 Å². The van der Waals surface area contributed by atoms with Crippen LogP contribution >= 0.6 is 11.6 Å². The van der Waals surface area contributed by atoms with Crippen LogP contribution in [0.1, 0.15) is 48.7 Å². The van der Waals surface area contributed by atoms with Crippen LogP contribution in [-0.2, 0) is 4.79 Å². The van der Waals surface area contributed by atoms with Crippen LogP contribution in [0.15, 0.2) is 48.5 Å². The Balaban J connectivity index is 1.83. The van der Waals surface area contributed by atoms with Crippen molar-refractivity contribution < 1.29 is 14.3 Å². The Bertz CT molecular complexity index is 728. The van der Waals surface area contributed by atoms with E-state index in [4.69, 9.17) is 16.3 Å². The summed E-state index contributed by atoms with van der Waals surface area (Å²) < 4.78 is 5.35. The molecule has 4 nitrogen and oxygen atoms in total. The molecular formula is C20H22ClNO3. The summed E-state index contributed by atoms with van der Waals surface area (Å²) in [4.78, 5) is 24.3. The molecule has 132 valence electrons. The van der Waals surface area contributed by atoms with E-state index >= 15 is 0 Å². The van der Waals surface area contributed by atoms with Gasteiger partial charge in [0, 0.05) is 23.4 Å². The summed E-state index contributed by atoms with van der Waals surface area (Å²) in [6.07, 6.45) is 0.318. The van der Waals surface area contributed by atoms with E-state index in [0.29, 0.717) is 17.2 Å². The standard InChI is InChI=1S/C20H22ClNO3/c1-3-25-18-9-7-15(8-10-18)19(23)11-12-20(24)22-14(2)16-5-4-6-17(21)13-16/h4-10,13-14H,3,11-12H2,1-2H3,(H,22,24)/t14-/m1/s1. The van der Waals surface area contributed by atoms with Gasteiger partial charge in [0.05, 0.1) is 12.6 Å². The highest BCUT2D eigenvalue weighted by Crippen LogP contribution is 2.18. The average molecular weight is 360 g/mol. The molecule has 2 aromatic rings.